The van der Waals surface area contributed by atoms with Gasteiger partial charge in [0, 0.05) is 5.69 Å². The highest BCUT2D eigenvalue weighted by Gasteiger charge is 2.27. The molecule has 3 aromatic rings. The summed E-state index contributed by atoms with van der Waals surface area (Å²) in [7, 11) is -2.53. The van der Waals surface area contributed by atoms with Gasteiger partial charge >= 0.3 is 0 Å². The number of anilines is 2. The average Bonchev–Trinajstić information content (AvgIpc) is 2.72. The molecule has 1 amide bonds. The van der Waals surface area contributed by atoms with Crippen molar-refractivity contribution >= 4 is 27.3 Å². The Morgan fingerprint density at radius 3 is 2.30 bits per heavy atom. The SMILES string of the molecule is COc1ccc(N(CC(=O)Nc2cccc(F)c2)S(=O)(=O)c2ccc(C)cc2)cc1. The normalized spacial score (nSPS) is 11.0. The first kappa shape index (κ1) is 21.3. The van der Waals surface area contributed by atoms with Gasteiger partial charge in [-0.3, -0.25) is 9.10 Å². The molecule has 3 aromatic carbocycles. The van der Waals surface area contributed by atoms with E-state index in [4.69, 9.17) is 4.74 Å². The Balaban J connectivity index is 1.94. The van der Waals surface area contributed by atoms with Gasteiger partial charge in [-0.25, -0.2) is 12.8 Å². The van der Waals surface area contributed by atoms with E-state index in [2.05, 4.69) is 5.32 Å². The number of carbonyl (C=O) groups excluding carboxylic acids is 1. The van der Waals surface area contributed by atoms with E-state index in [0.717, 1.165) is 15.9 Å². The zero-order valence-electron chi connectivity index (χ0n) is 16.5. The molecule has 0 saturated carbocycles. The van der Waals surface area contributed by atoms with Crippen molar-refractivity contribution in [3.8, 4) is 5.75 Å². The zero-order valence-corrected chi connectivity index (χ0v) is 17.3. The molecular formula is C22H21FN2O4S. The van der Waals surface area contributed by atoms with E-state index in [1.165, 1.54) is 37.4 Å². The molecule has 0 aromatic heterocycles. The number of halogens is 1. The molecule has 0 spiro atoms. The van der Waals surface area contributed by atoms with Gasteiger partial charge in [0.1, 0.15) is 18.1 Å². The number of hydrogen-bond donors (Lipinski definition) is 1. The van der Waals surface area contributed by atoms with Crippen molar-refractivity contribution < 1.29 is 22.3 Å². The van der Waals surface area contributed by atoms with Gasteiger partial charge in [-0.05, 0) is 61.5 Å². The van der Waals surface area contributed by atoms with Gasteiger partial charge in [-0.2, -0.15) is 0 Å². The first-order chi connectivity index (χ1) is 14.3. The van der Waals surface area contributed by atoms with Crippen molar-refractivity contribution in [2.75, 3.05) is 23.3 Å². The summed E-state index contributed by atoms with van der Waals surface area (Å²) in [6, 6.07) is 18.1. The van der Waals surface area contributed by atoms with E-state index >= 15 is 0 Å². The standard InChI is InChI=1S/C22H21FN2O4S/c1-16-6-12-21(13-7-16)30(27,28)25(19-8-10-20(29-2)11-9-19)15-22(26)24-18-5-3-4-17(23)14-18/h3-14H,15H2,1-2H3,(H,24,26). The van der Waals surface area contributed by atoms with Crippen LogP contribution in [-0.4, -0.2) is 28.0 Å². The molecule has 1 N–H and O–H groups in total. The zero-order chi connectivity index (χ0) is 21.7. The van der Waals surface area contributed by atoms with Crippen molar-refractivity contribution in [2.45, 2.75) is 11.8 Å². The van der Waals surface area contributed by atoms with E-state index in [0.29, 0.717) is 11.4 Å². The number of sulfonamides is 1. The average molecular weight is 428 g/mol. The number of nitrogens with one attached hydrogen (secondary N) is 1. The summed E-state index contributed by atoms with van der Waals surface area (Å²) >= 11 is 0. The number of rotatable bonds is 7. The molecule has 0 heterocycles. The van der Waals surface area contributed by atoms with Gasteiger partial charge in [0.2, 0.25) is 5.91 Å². The fraction of sp³-hybridized carbons (Fsp3) is 0.136. The summed E-state index contributed by atoms with van der Waals surface area (Å²) in [6.07, 6.45) is 0. The Kier molecular flexibility index (Phi) is 6.37. The lowest BCUT2D eigenvalue weighted by Gasteiger charge is -2.24. The fourth-order valence-corrected chi connectivity index (χ4v) is 4.22. The third kappa shape index (κ3) is 4.96. The van der Waals surface area contributed by atoms with Gasteiger partial charge in [0.25, 0.3) is 10.0 Å². The predicted molar refractivity (Wildman–Crippen MR) is 114 cm³/mol. The largest absolute Gasteiger partial charge is 0.497 e. The van der Waals surface area contributed by atoms with Crippen LogP contribution in [0.3, 0.4) is 0 Å². The maximum atomic E-state index is 13.4. The second kappa shape index (κ2) is 8.96. The van der Waals surface area contributed by atoms with Crippen LogP contribution in [0.1, 0.15) is 5.56 Å². The topological polar surface area (TPSA) is 75.7 Å². The smallest absolute Gasteiger partial charge is 0.264 e. The molecule has 8 heteroatoms. The molecule has 3 rings (SSSR count). The van der Waals surface area contributed by atoms with Crippen LogP contribution in [0.4, 0.5) is 15.8 Å². The van der Waals surface area contributed by atoms with Crippen LogP contribution >= 0.6 is 0 Å². The molecule has 30 heavy (non-hydrogen) atoms. The van der Waals surface area contributed by atoms with Gasteiger partial charge in [-0.1, -0.05) is 23.8 Å². The van der Waals surface area contributed by atoms with Gasteiger partial charge < -0.3 is 10.1 Å². The van der Waals surface area contributed by atoms with E-state index in [1.807, 2.05) is 6.92 Å². The third-order valence-electron chi connectivity index (χ3n) is 4.36. The second-order valence-corrected chi connectivity index (χ2v) is 8.44. The van der Waals surface area contributed by atoms with E-state index in [-0.39, 0.29) is 10.6 Å². The molecule has 0 unspecified atom stereocenters. The van der Waals surface area contributed by atoms with E-state index < -0.39 is 28.3 Å². The van der Waals surface area contributed by atoms with Crippen LogP contribution in [0.2, 0.25) is 0 Å². The number of carbonyl (C=O) groups is 1. The highest BCUT2D eigenvalue weighted by atomic mass is 32.2. The molecule has 0 radical (unpaired) electrons. The van der Waals surface area contributed by atoms with Crippen LogP contribution in [-0.2, 0) is 14.8 Å². The lowest BCUT2D eigenvalue weighted by Crippen LogP contribution is -2.38. The quantitative estimate of drug-likeness (QED) is 0.618. The van der Waals surface area contributed by atoms with Crippen LogP contribution in [0.5, 0.6) is 5.75 Å². The maximum Gasteiger partial charge on any atom is 0.264 e. The van der Waals surface area contributed by atoms with Crippen molar-refractivity contribution in [3.63, 3.8) is 0 Å². The predicted octanol–water partition coefficient (Wildman–Crippen LogP) is 3.98. The lowest BCUT2D eigenvalue weighted by molar-refractivity contribution is -0.114. The summed E-state index contributed by atoms with van der Waals surface area (Å²) in [5.74, 6) is -0.560. The molecule has 6 nitrogen and oxygen atoms in total. The van der Waals surface area contributed by atoms with Crippen LogP contribution in [0.25, 0.3) is 0 Å². The lowest BCUT2D eigenvalue weighted by atomic mass is 10.2. The van der Waals surface area contributed by atoms with Crippen molar-refractivity contribution in [2.24, 2.45) is 0 Å². The minimum Gasteiger partial charge on any atom is -0.497 e. The highest BCUT2D eigenvalue weighted by Crippen LogP contribution is 2.26. The van der Waals surface area contributed by atoms with Crippen molar-refractivity contribution in [1.29, 1.82) is 0 Å². The number of amides is 1. The number of methoxy groups -OCH3 is 1. The first-order valence-electron chi connectivity index (χ1n) is 9.08. The molecule has 156 valence electrons. The molecular weight excluding hydrogens is 407 g/mol. The number of hydrogen-bond acceptors (Lipinski definition) is 4. The van der Waals surface area contributed by atoms with E-state index in [1.54, 1.807) is 36.4 Å². The van der Waals surface area contributed by atoms with Gasteiger partial charge in [0.15, 0.2) is 0 Å². The Bertz CT molecular complexity index is 1130. The summed E-state index contributed by atoms with van der Waals surface area (Å²) in [6.45, 7) is 1.36. The summed E-state index contributed by atoms with van der Waals surface area (Å²) in [4.78, 5) is 12.7. The first-order valence-corrected chi connectivity index (χ1v) is 10.5. The van der Waals surface area contributed by atoms with Crippen LogP contribution in [0.15, 0.2) is 77.7 Å². The Morgan fingerprint density at radius 1 is 1.03 bits per heavy atom. The summed E-state index contributed by atoms with van der Waals surface area (Å²) in [5.41, 5.74) is 1.45. The molecule has 0 aliphatic heterocycles. The number of nitrogens with zero attached hydrogens (tertiary/aromatic N) is 1. The van der Waals surface area contributed by atoms with Crippen LogP contribution in [0, 0.1) is 12.7 Å². The monoisotopic (exact) mass is 428 g/mol. The maximum absolute atomic E-state index is 13.4. The Morgan fingerprint density at radius 2 is 1.70 bits per heavy atom. The number of ether oxygens (including phenoxy) is 1. The van der Waals surface area contributed by atoms with Crippen molar-refractivity contribution in [3.05, 3.63) is 84.2 Å². The van der Waals surface area contributed by atoms with Gasteiger partial charge in [-0.15, -0.1) is 0 Å². The molecule has 0 aliphatic rings. The minimum atomic E-state index is -4.03. The van der Waals surface area contributed by atoms with E-state index in [9.17, 15) is 17.6 Å². The number of benzene rings is 3. The highest BCUT2D eigenvalue weighted by molar-refractivity contribution is 7.92. The third-order valence-corrected chi connectivity index (χ3v) is 6.15. The minimum absolute atomic E-state index is 0.0578. The van der Waals surface area contributed by atoms with Gasteiger partial charge in [0.05, 0.1) is 17.7 Å². The Hall–Kier alpha value is -3.39. The number of aryl methyl sites for hydroxylation is 1. The molecule has 0 bridgehead atoms. The Labute approximate surface area is 175 Å². The second-order valence-electron chi connectivity index (χ2n) is 6.58. The molecule has 0 atom stereocenters. The van der Waals surface area contributed by atoms with Crippen molar-refractivity contribution in [1.82, 2.24) is 0 Å². The molecule has 0 fully saturated rings. The summed E-state index contributed by atoms with van der Waals surface area (Å²) < 4.78 is 46.1. The van der Waals surface area contributed by atoms with Crippen LogP contribution < -0.4 is 14.4 Å². The molecule has 0 saturated heterocycles. The fourth-order valence-electron chi connectivity index (χ4n) is 2.80. The summed E-state index contributed by atoms with van der Waals surface area (Å²) in [5, 5.41) is 2.53. The molecule has 0 aliphatic carbocycles.